The van der Waals surface area contributed by atoms with Crippen LogP contribution in [0.4, 0.5) is 0 Å². The lowest BCUT2D eigenvalue weighted by Gasteiger charge is -2.11. The molecule has 0 amide bonds. The molecule has 0 bridgehead atoms. The molecule has 7 nitrogen and oxygen atoms in total. The van der Waals surface area contributed by atoms with Gasteiger partial charge in [0.25, 0.3) is 0 Å². The largest absolute Gasteiger partial charge is 0.491 e. The minimum atomic E-state index is -3.59. The Morgan fingerprint density at radius 2 is 1.88 bits per heavy atom. The van der Waals surface area contributed by atoms with Gasteiger partial charge < -0.3 is 9.15 Å². The first-order valence-corrected chi connectivity index (χ1v) is 9.49. The quantitative estimate of drug-likeness (QED) is 0.659. The van der Waals surface area contributed by atoms with Crippen molar-refractivity contribution < 1.29 is 17.6 Å². The molecule has 0 N–H and O–H groups in total. The summed E-state index contributed by atoms with van der Waals surface area (Å²) in [6, 6.07) is 12.0. The van der Waals surface area contributed by atoms with Crippen molar-refractivity contribution in [3.8, 4) is 5.75 Å². The number of fused-ring (bicyclic) bond motifs is 1. The monoisotopic (exact) mass is 376 g/mol. The van der Waals surface area contributed by atoms with Crippen LogP contribution in [0.25, 0.3) is 11.1 Å². The van der Waals surface area contributed by atoms with Crippen molar-refractivity contribution in [1.29, 1.82) is 0 Å². The Bertz CT molecular complexity index is 1100. The molecule has 26 heavy (non-hydrogen) atoms. The van der Waals surface area contributed by atoms with Crippen LogP contribution in [0.15, 0.2) is 56.6 Å². The van der Waals surface area contributed by atoms with Crippen molar-refractivity contribution in [1.82, 2.24) is 8.87 Å². The molecule has 0 atom stereocenters. The van der Waals surface area contributed by atoms with Crippen LogP contribution < -0.4 is 10.5 Å². The van der Waals surface area contributed by atoms with E-state index in [1.165, 1.54) is 30.8 Å². The Morgan fingerprint density at radius 1 is 1.15 bits per heavy atom. The molecule has 1 aromatic heterocycles. The van der Waals surface area contributed by atoms with E-state index in [1.54, 1.807) is 6.07 Å². The molecule has 8 heteroatoms. The van der Waals surface area contributed by atoms with Gasteiger partial charge in [0.1, 0.15) is 12.4 Å². The second kappa shape index (κ2) is 6.97. The van der Waals surface area contributed by atoms with Crippen LogP contribution in [0, 0.1) is 6.92 Å². The highest BCUT2D eigenvalue weighted by Crippen LogP contribution is 2.21. The smallest absolute Gasteiger partial charge is 0.420 e. The number of nitrogens with zero attached hydrogens (tertiary/aromatic N) is 2. The summed E-state index contributed by atoms with van der Waals surface area (Å²) < 4.78 is 37.9. The first kappa shape index (κ1) is 18.2. The van der Waals surface area contributed by atoms with Gasteiger partial charge in [-0.15, -0.1) is 0 Å². The van der Waals surface area contributed by atoms with Gasteiger partial charge in [-0.2, -0.15) is 0 Å². The zero-order chi connectivity index (χ0) is 18.9. The maximum Gasteiger partial charge on any atom is 0.420 e. The van der Waals surface area contributed by atoms with Gasteiger partial charge in [-0.1, -0.05) is 18.2 Å². The number of sulfonamides is 1. The molecule has 0 aliphatic heterocycles. The van der Waals surface area contributed by atoms with E-state index < -0.39 is 15.8 Å². The molecule has 3 rings (SSSR count). The Morgan fingerprint density at radius 3 is 2.58 bits per heavy atom. The van der Waals surface area contributed by atoms with E-state index in [9.17, 15) is 13.2 Å². The summed E-state index contributed by atoms with van der Waals surface area (Å²) in [5, 5.41) is 0. The number of hydrogen-bond donors (Lipinski definition) is 0. The fourth-order valence-corrected chi connectivity index (χ4v) is 3.51. The van der Waals surface area contributed by atoms with Crippen LogP contribution in [0.3, 0.4) is 0 Å². The number of hydrogen-bond acceptors (Lipinski definition) is 5. The standard InChI is InChI=1S/C18H20N2O5S/c1-13-6-4-5-7-16(13)24-11-10-20-15-9-8-14(26(22,23)19(2)3)12-17(15)25-18(20)21/h4-9,12H,10-11H2,1-3H3. The van der Waals surface area contributed by atoms with Crippen LogP contribution in [-0.4, -0.2) is 38.0 Å². The zero-order valence-corrected chi connectivity index (χ0v) is 15.6. The molecule has 0 aliphatic rings. The molecule has 0 radical (unpaired) electrons. The van der Waals surface area contributed by atoms with E-state index in [4.69, 9.17) is 9.15 Å². The van der Waals surface area contributed by atoms with Crippen molar-refractivity contribution in [3.05, 3.63) is 58.6 Å². The Hall–Kier alpha value is -2.58. The minimum absolute atomic E-state index is 0.0760. The van der Waals surface area contributed by atoms with E-state index in [0.717, 1.165) is 15.6 Å². The number of oxazole rings is 1. The highest BCUT2D eigenvalue weighted by atomic mass is 32.2. The van der Waals surface area contributed by atoms with Gasteiger partial charge in [-0.25, -0.2) is 17.5 Å². The maximum absolute atomic E-state index is 12.2. The Kier molecular flexibility index (Phi) is 4.88. The lowest BCUT2D eigenvalue weighted by molar-refractivity contribution is 0.292. The summed E-state index contributed by atoms with van der Waals surface area (Å²) in [7, 11) is -0.696. The lowest BCUT2D eigenvalue weighted by atomic mass is 10.2. The van der Waals surface area contributed by atoms with Crippen LogP contribution >= 0.6 is 0 Å². The predicted molar refractivity (Wildman–Crippen MR) is 98.0 cm³/mol. The summed E-state index contributed by atoms with van der Waals surface area (Å²) in [5.74, 6) is 0.209. The fourth-order valence-electron chi connectivity index (χ4n) is 2.59. The third kappa shape index (κ3) is 3.38. The molecule has 3 aromatic rings. The van der Waals surface area contributed by atoms with Gasteiger partial charge in [-0.05, 0) is 30.7 Å². The number of aryl methyl sites for hydroxylation is 1. The van der Waals surface area contributed by atoms with E-state index >= 15 is 0 Å². The maximum atomic E-state index is 12.2. The highest BCUT2D eigenvalue weighted by Gasteiger charge is 2.19. The number of ether oxygens (including phenoxy) is 1. The zero-order valence-electron chi connectivity index (χ0n) is 14.8. The van der Waals surface area contributed by atoms with Crippen LogP contribution in [0.1, 0.15) is 5.56 Å². The summed E-state index contributed by atoms with van der Waals surface area (Å²) in [5.41, 5.74) is 1.77. The second-order valence-electron chi connectivity index (χ2n) is 6.05. The van der Waals surface area contributed by atoms with Crippen molar-refractivity contribution in [2.45, 2.75) is 18.4 Å². The van der Waals surface area contributed by atoms with Crippen LogP contribution in [-0.2, 0) is 16.6 Å². The van der Waals surface area contributed by atoms with Crippen LogP contribution in [0.5, 0.6) is 5.75 Å². The molecule has 0 spiro atoms. The summed E-state index contributed by atoms with van der Waals surface area (Å²) in [6.07, 6.45) is 0. The van der Waals surface area contributed by atoms with Crippen molar-refractivity contribution in [2.75, 3.05) is 20.7 Å². The van der Waals surface area contributed by atoms with E-state index in [-0.39, 0.29) is 17.1 Å². The number of rotatable bonds is 6. The number of aromatic nitrogens is 1. The Balaban J connectivity index is 1.85. The molecular formula is C18H20N2O5S. The SMILES string of the molecule is Cc1ccccc1OCCn1c(=O)oc2cc(S(=O)(=O)N(C)C)ccc21. The van der Waals surface area contributed by atoms with Crippen molar-refractivity contribution in [3.63, 3.8) is 0 Å². The van der Waals surface area contributed by atoms with E-state index in [1.807, 2.05) is 31.2 Å². The summed E-state index contributed by atoms with van der Waals surface area (Å²) in [4.78, 5) is 12.2. The van der Waals surface area contributed by atoms with Crippen molar-refractivity contribution >= 4 is 21.1 Å². The highest BCUT2D eigenvalue weighted by molar-refractivity contribution is 7.89. The average Bonchev–Trinajstić information content (AvgIpc) is 2.91. The normalized spacial score (nSPS) is 12.0. The van der Waals surface area contributed by atoms with Gasteiger partial charge in [0.15, 0.2) is 5.58 Å². The molecule has 0 fully saturated rings. The molecule has 138 valence electrons. The molecule has 0 aliphatic carbocycles. The van der Waals surface area contributed by atoms with E-state index in [0.29, 0.717) is 12.1 Å². The van der Waals surface area contributed by atoms with Gasteiger partial charge in [-0.3, -0.25) is 4.57 Å². The van der Waals surface area contributed by atoms with Crippen LogP contribution in [0.2, 0.25) is 0 Å². The third-order valence-electron chi connectivity index (χ3n) is 4.08. The summed E-state index contributed by atoms with van der Waals surface area (Å²) in [6.45, 7) is 2.53. The molecule has 2 aromatic carbocycles. The molecular weight excluding hydrogens is 356 g/mol. The van der Waals surface area contributed by atoms with E-state index in [2.05, 4.69) is 0 Å². The second-order valence-corrected chi connectivity index (χ2v) is 8.20. The topological polar surface area (TPSA) is 81.8 Å². The molecule has 0 saturated carbocycles. The fraction of sp³-hybridized carbons (Fsp3) is 0.278. The first-order valence-electron chi connectivity index (χ1n) is 8.05. The van der Waals surface area contributed by atoms with Gasteiger partial charge in [0.2, 0.25) is 10.0 Å². The predicted octanol–water partition coefficient (Wildman–Crippen LogP) is 2.23. The number of benzene rings is 2. The lowest BCUT2D eigenvalue weighted by Crippen LogP contribution is -2.22. The Labute approximate surface area is 151 Å². The molecule has 0 unspecified atom stereocenters. The average molecular weight is 376 g/mol. The van der Waals surface area contributed by atoms with Gasteiger partial charge >= 0.3 is 5.76 Å². The minimum Gasteiger partial charge on any atom is -0.491 e. The summed E-state index contributed by atoms with van der Waals surface area (Å²) >= 11 is 0. The van der Waals surface area contributed by atoms with Crippen molar-refractivity contribution in [2.24, 2.45) is 0 Å². The third-order valence-corrected chi connectivity index (χ3v) is 5.90. The molecule has 1 heterocycles. The first-order chi connectivity index (χ1) is 12.3. The van der Waals surface area contributed by atoms with Gasteiger partial charge in [0.05, 0.1) is 17.0 Å². The molecule has 0 saturated heterocycles. The number of para-hydroxylation sites is 1. The van der Waals surface area contributed by atoms with Gasteiger partial charge in [0, 0.05) is 20.2 Å².